The second-order valence-corrected chi connectivity index (χ2v) is 5.92. The Morgan fingerprint density at radius 1 is 1.44 bits per heavy atom. The molecule has 0 amide bonds. The smallest absolute Gasteiger partial charge is 0.159 e. The van der Waals surface area contributed by atoms with Gasteiger partial charge in [-0.25, -0.2) is 0 Å². The van der Waals surface area contributed by atoms with Crippen molar-refractivity contribution in [3.8, 4) is 0 Å². The fraction of sp³-hybridized carbons (Fsp3) is 0.533. The quantitative estimate of drug-likeness (QED) is 0.814. The van der Waals surface area contributed by atoms with Crippen LogP contribution in [-0.2, 0) is 0 Å². The van der Waals surface area contributed by atoms with Gasteiger partial charge in [-0.1, -0.05) is 12.1 Å². The van der Waals surface area contributed by atoms with Crippen LogP contribution in [0.25, 0.3) is 0 Å². The summed E-state index contributed by atoms with van der Waals surface area (Å²) in [6.07, 6.45) is 0. The van der Waals surface area contributed by atoms with Gasteiger partial charge >= 0.3 is 0 Å². The molecule has 0 bridgehead atoms. The van der Waals surface area contributed by atoms with Crippen molar-refractivity contribution in [2.75, 3.05) is 18.0 Å². The SMILES string of the molecule is CC(=O)c1cccc(N2CC(C)NC(C)(C)C2)c1. The number of piperazine rings is 1. The number of benzene rings is 1. The van der Waals surface area contributed by atoms with Gasteiger partial charge in [0.15, 0.2) is 5.78 Å². The third-order valence-corrected chi connectivity index (χ3v) is 3.34. The summed E-state index contributed by atoms with van der Waals surface area (Å²) in [7, 11) is 0. The standard InChI is InChI=1S/C15H22N2O/c1-11-9-17(10-15(3,4)16-11)14-7-5-6-13(8-14)12(2)18/h5-8,11,16H,9-10H2,1-4H3. The molecule has 0 spiro atoms. The molecule has 1 aliphatic rings. The van der Waals surface area contributed by atoms with Crippen molar-refractivity contribution in [2.45, 2.75) is 39.3 Å². The molecule has 0 saturated carbocycles. The number of carbonyl (C=O) groups excluding carboxylic acids is 1. The monoisotopic (exact) mass is 246 g/mol. The van der Waals surface area contributed by atoms with Gasteiger partial charge in [0.25, 0.3) is 0 Å². The number of rotatable bonds is 2. The second-order valence-electron chi connectivity index (χ2n) is 5.92. The molecule has 1 unspecified atom stereocenters. The van der Waals surface area contributed by atoms with Gasteiger partial charge in [-0.2, -0.15) is 0 Å². The van der Waals surface area contributed by atoms with E-state index in [1.54, 1.807) is 6.92 Å². The lowest BCUT2D eigenvalue weighted by atomic mass is 9.98. The number of carbonyl (C=O) groups is 1. The van der Waals surface area contributed by atoms with E-state index in [-0.39, 0.29) is 11.3 Å². The lowest BCUT2D eigenvalue weighted by Gasteiger charge is -2.44. The maximum atomic E-state index is 11.4. The van der Waals surface area contributed by atoms with Gasteiger partial charge in [0.05, 0.1) is 0 Å². The largest absolute Gasteiger partial charge is 0.368 e. The maximum Gasteiger partial charge on any atom is 0.159 e. The van der Waals surface area contributed by atoms with E-state index in [4.69, 9.17) is 0 Å². The Labute approximate surface area is 109 Å². The van der Waals surface area contributed by atoms with Gasteiger partial charge in [-0.15, -0.1) is 0 Å². The van der Waals surface area contributed by atoms with Crippen molar-refractivity contribution in [1.82, 2.24) is 5.32 Å². The molecule has 3 heteroatoms. The summed E-state index contributed by atoms with van der Waals surface area (Å²) in [5, 5.41) is 3.58. The molecule has 98 valence electrons. The fourth-order valence-corrected chi connectivity index (χ4v) is 2.75. The molecule has 2 rings (SSSR count). The minimum atomic E-state index is 0.101. The summed E-state index contributed by atoms with van der Waals surface area (Å²) < 4.78 is 0. The van der Waals surface area contributed by atoms with Crippen molar-refractivity contribution in [3.05, 3.63) is 29.8 Å². The zero-order chi connectivity index (χ0) is 13.3. The number of hydrogen-bond donors (Lipinski definition) is 1. The summed E-state index contributed by atoms with van der Waals surface area (Å²) in [6.45, 7) is 10.2. The number of Topliss-reactive ketones (excluding diaryl/α,β-unsaturated/α-hetero) is 1. The molecule has 18 heavy (non-hydrogen) atoms. The first kappa shape index (κ1) is 13.1. The predicted molar refractivity (Wildman–Crippen MR) is 75.3 cm³/mol. The average molecular weight is 246 g/mol. The van der Waals surface area contributed by atoms with Crippen molar-refractivity contribution in [3.63, 3.8) is 0 Å². The van der Waals surface area contributed by atoms with Crippen LogP contribution < -0.4 is 10.2 Å². The highest BCUT2D eigenvalue weighted by Gasteiger charge is 2.29. The van der Waals surface area contributed by atoms with Crippen LogP contribution in [0, 0.1) is 0 Å². The van der Waals surface area contributed by atoms with Crippen LogP contribution in [-0.4, -0.2) is 30.5 Å². The molecule has 0 radical (unpaired) electrons. The molecular weight excluding hydrogens is 224 g/mol. The summed E-state index contributed by atoms with van der Waals surface area (Å²) in [5.41, 5.74) is 2.03. The topological polar surface area (TPSA) is 32.3 Å². The molecule has 1 fully saturated rings. The number of ketones is 1. The Balaban J connectivity index is 2.25. The number of nitrogens with one attached hydrogen (secondary N) is 1. The Morgan fingerprint density at radius 3 is 2.78 bits per heavy atom. The van der Waals surface area contributed by atoms with Gasteiger partial charge in [0.2, 0.25) is 0 Å². The van der Waals surface area contributed by atoms with Crippen molar-refractivity contribution >= 4 is 11.5 Å². The van der Waals surface area contributed by atoms with Crippen molar-refractivity contribution in [2.24, 2.45) is 0 Å². The zero-order valence-corrected chi connectivity index (χ0v) is 11.7. The molecule has 1 saturated heterocycles. The lowest BCUT2D eigenvalue weighted by Crippen LogP contribution is -2.61. The fourth-order valence-electron chi connectivity index (χ4n) is 2.75. The first-order valence-electron chi connectivity index (χ1n) is 6.51. The van der Waals surface area contributed by atoms with E-state index in [0.717, 1.165) is 24.3 Å². The second kappa shape index (κ2) is 4.73. The molecule has 1 aliphatic heterocycles. The lowest BCUT2D eigenvalue weighted by molar-refractivity contribution is 0.101. The third-order valence-electron chi connectivity index (χ3n) is 3.34. The van der Waals surface area contributed by atoms with Gasteiger partial charge in [0, 0.05) is 35.9 Å². The third kappa shape index (κ3) is 2.91. The van der Waals surface area contributed by atoms with Gasteiger partial charge in [-0.05, 0) is 39.8 Å². The number of hydrogen-bond acceptors (Lipinski definition) is 3. The Kier molecular flexibility index (Phi) is 3.44. The van der Waals surface area contributed by atoms with E-state index in [9.17, 15) is 4.79 Å². The molecule has 1 atom stereocenters. The van der Waals surface area contributed by atoms with E-state index in [1.165, 1.54) is 0 Å². The molecule has 0 aromatic heterocycles. The predicted octanol–water partition coefficient (Wildman–Crippen LogP) is 2.47. The van der Waals surface area contributed by atoms with Crippen molar-refractivity contribution in [1.29, 1.82) is 0 Å². The molecule has 1 N–H and O–H groups in total. The van der Waals surface area contributed by atoms with Crippen LogP contribution >= 0.6 is 0 Å². The summed E-state index contributed by atoms with van der Waals surface area (Å²) in [4.78, 5) is 13.8. The van der Waals surface area contributed by atoms with Crippen LogP contribution in [0.15, 0.2) is 24.3 Å². The summed E-state index contributed by atoms with van der Waals surface area (Å²) >= 11 is 0. The van der Waals surface area contributed by atoms with Crippen LogP contribution in [0.4, 0.5) is 5.69 Å². The zero-order valence-electron chi connectivity index (χ0n) is 11.7. The minimum absolute atomic E-state index is 0.101. The minimum Gasteiger partial charge on any atom is -0.368 e. The van der Waals surface area contributed by atoms with Crippen LogP contribution in [0.2, 0.25) is 0 Å². The van der Waals surface area contributed by atoms with E-state index in [2.05, 4.69) is 37.1 Å². The molecular formula is C15H22N2O. The van der Waals surface area contributed by atoms with Gasteiger partial charge < -0.3 is 10.2 Å². The van der Waals surface area contributed by atoms with E-state index >= 15 is 0 Å². The van der Waals surface area contributed by atoms with E-state index in [1.807, 2.05) is 18.2 Å². The number of anilines is 1. The first-order valence-corrected chi connectivity index (χ1v) is 6.51. The van der Waals surface area contributed by atoms with Crippen LogP contribution in [0.1, 0.15) is 38.1 Å². The molecule has 3 nitrogen and oxygen atoms in total. The molecule has 0 aliphatic carbocycles. The van der Waals surface area contributed by atoms with Gasteiger partial charge in [-0.3, -0.25) is 4.79 Å². The highest BCUT2D eigenvalue weighted by Crippen LogP contribution is 2.22. The number of nitrogens with zero attached hydrogens (tertiary/aromatic N) is 1. The summed E-state index contributed by atoms with van der Waals surface area (Å²) in [6, 6.07) is 8.38. The van der Waals surface area contributed by atoms with Crippen LogP contribution in [0.3, 0.4) is 0 Å². The van der Waals surface area contributed by atoms with E-state index in [0.29, 0.717) is 6.04 Å². The Morgan fingerprint density at radius 2 is 2.17 bits per heavy atom. The van der Waals surface area contributed by atoms with E-state index < -0.39 is 0 Å². The Hall–Kier alpha value is -1.35. The van der Waals surface area contributed by atoms with Crippen LogP contribution in [0.5, 0.6) is 0 Å². The first-order chi connectivity index (χ1) is 8.37. The van der Waals surface area contributed by atoms with Gasteiger partial charge in [0.1, 0.15) is 0 Å². The summed E-state index contributed by atoms with van der Waals surface area (Å²) in [5.74, 6) is 0.124. The average Bonchev–Trinajstić information content (AvgIpc) is 2.26. The highest BCUT2D eigenvalue weighted by atomic mass is 16.1. The molecule has 1 heterocycles. The maximum absolute atomic E-state index is 11.4. The van der Waals surface area contributed by atoms with Crippen molar-refractivity contribution < 1.29 is 4.79 Å². The molecule has 1 aromatic carbocycles. The molecule has 1 aromatic rings. The Bertz CT molecular complexity index is 454. The highest BCUT2D eigenvalue weighted by molar-refractivity contribution is 5.95. The normalized spacial score (nSPS) is 22.9.